The predicted octanol–water partition coefficient (Wildman–Crippen LogP) is 2.63. The Morgan fingerprint density at radius 2 is 2.28 bits per heavy atom. The topological polar surface area (TPSA) is 34.1 Å². The van der Waals surface area contributed by atoms with Crippen molar-refractivity contribution in [3.8, 4) is 0 Å². The minimum Gasteiger partial charge on any atom is -0.370 e. The highest BCUT2D eigenvalue weighted by Crippen LogP contribution is 2.31. The van der Waals surface area contributed by atoms with Crippen LogP contribution in [-0.2, 0) is 17.5 Å². The van der Waals surface area contributed by atoms with Gasteiger partial charge < -0.3 is 10.1 Å². The van der Waals surface area contributed by atoms with Crippen LogP contribution in [-0.4, -0.2) is 24.2 Å². The molecular weight excluding hydrogens is 269 g/mol. The van der Waals surface area contributed by atoms with Crippen molar-refractivity contribution in [3.05, 3.63) is 28.5 Å². The number of hydrogen-bond acceptors (Lipinski definition) is 3. The Bertz CT molecular complexity index is 419. The molecule has 0 bridgehead atoms. The van der Waals surface area contributed by atoms with Gasteiger partial charge in [0.05, 0.1) is 29.0 Å². The molecular formula is C11H12ClF3N2O. The molecule has 1 aromatic heterocycles. The molecule has 1 atom stereocenters. The summed E-state index contributed by atoms with van der Waals surface area (Å²) in [6.45, 7) is 1.76. The van der Waals surface area contributed by atoms with Crippen LogP contribution in [0.2, 0.25) is 5.02 Å². The summed E-state index contributed by atoms with van der Waals surface area (Å²) in [6, 6.07) is 0.875. The molecule has 2 heterocycles. The standard InChI is InChI=1S/C11H12ClF3N2O/c12-9-3-7(11(13,14)15)4-17-10(9)6-18-8-1-2-16-5-8/h3-4,8,16H,1-2,5-6H2. The summed E-state index contributed by atoms with van der Waals surface area (Å²) in [5.74, 6) is 0. The van der Waals surface area contributed by atoms with Gasteiger partial charge in [0.2, 0.25) is 0 Å². The van der Waals surface area contributed by atoms with Crippen LogP contribution in [0, 0.1) is 0 Å². The van der Waals surface area contributed by atoms with Crippen LogP contribution in [0.15, 0.2) is 12.3 Å². The molecule has 0 radical (unpaired) electrons. The van der Waals surface area contributed by atoms with Crippen LogP contribution in [0.1, 0.15) is 17.7 Å². The van der Waals surface area contributed by atoms with E-state index in [2.05, 4.69) is 10.3 Å². The van der Waals surface area contributed by atoms with Gasteiger partial charge >= 0.3 is 6.18 Å². The lowest BCUT2D eigenvalue weighted by atomic mass is 10.2. The summed E-state index contributed by atoms with van der Waals surface area (Å²) in [7, 11) is 0. The van der Waals surface area contributed by atoms with Gasteiger partial charge in [0.15, 0.2) is 0 Å². The van der Waals surface area contributed by atoms with Crippen LogP contribution >= 0.6 is 11.6 Å². The van der Waals surface area contributed by atoms with E-state index in [-0.39, 0.29) is 17.7 Å². The molecule has 100 valence electrons. The zero-order chi connectivity index (χ0) is 13.2. The first-order valence-electron chi connectivity index (χ1n) is 5.51. The first-order chi connectivity index (χ1) is 8.47. The van der Waals surface area contributed by atoms with Crippen LogP contribution < -0.4 is 5.32 Å². The number of rotatable bonds is 3. The Morgan fingerprint density at radius 3 is 2.83 bits per heavy atom. The third-order valence-electron chi connectivity index (χ3n) is 2.72. The Hall–Kier alpha value is -0.850. The summed E-state index contributed by atoms with van der Waals surface area (Å²) in [6.07, 6.45) is -2.69. The van der Waals surface area contributed by atoms with Crippen molar-refractivity contribution >= 4 is 11.6 Å². The van der Waals surface area contributed by atoms with E-state index in [1.54, 1.807) is 0 Å². The number of nitrogens with one attached hydrogen (secondary N) is 1. The van der Waals surface area contributed by atoms with E-state index in [1.165, 1.54) is 0 Å². The molecule has 0 saturated carbocycles. The maximum atomic E-state index is 12.4. The molecule has 0 amide bonds. The van der Waals surface area contributed by atoms with Gasteiger partial charge in [-0.25, -0.2) is 0 Å². The van der Waals surface area contributed by atoms with Crippen molar-refractivity contribution in [2.75, 3.05) is 13.1 Å². The molecule has 1 aromatic rings. The van der Waals surface area contributed by atoms with E-state index in [1.807, 2.05) is 0 Å². The maximum absolute atomic E-state index is 12.4. The summed E-state index contributed by atoms with van der Waals surface area (Å²) < 4.78 is 42.7. The van der Waals surface area contributed by atoms with Gasteiger partial charge in [0.25, 0.3) is 0 Å². The summed E-state index contributed by atoms with van der Waals surface area (Å²) in [5.41, 5.74) is -0.518. The predicted molar refractivity (Wildman–Crippen MR) is 60.3 cm³/mol. The Balaban J connectivity index is 2.01. The normalized spacial score (nSPS) is 20.3. The molecule has 7 heteroatoms. The third-order valence-corrected chi connectivity index (χ3v) is 3.04. The molecule has 2 rings (SSSR count). The van der Waals surface area contributed by atoms with Crippen molar-refractivity contribution in [1.29, 1.82) is 0 Å². The number of pyridine rings is 1. The highest BCUT2D eigenvalue weighted by Gasteiger charge is 2.31. The molecule has 3 nitrogen and oxygen atoms in total. The van der Waals surface area contributed by atoms with E-state index < -0.39 is 11.7 Å². The number of halogens is 4. The number of alkyl halides is 3. The second-order valence-electron chi connectivity index (χ2n) is 4.08. The summed E-state index contributed by atoms with van der Waals surface area (Å²) in [5, 5.41) is 3.11. The van der Waals surface area contributed by atoms with Gasteiger partial charge in [-0.2, -0.15) is 13.2 Å². The van der Waals surface area contributed by atoms with Crippen LogP contribution in [0.4, 0.5) is 13.2 Å². The quantitative estimate of drug-likeness (QED) is 0.924. The Labute approximate surface area is 107 Å². The maximum Gasteiger partial charge on any atom is 0.417 e. The minimum absolute atomic E-state index is 0.0178. The van der Waals surface area contributed by atoms with Gasteiger partial charge in [-0.3, -0.25) is 4.98 Å². The van der Waals surface area contributed by atoms with Gasteiger partial charge in [-0.15, -0.1) is 0 Å². The summed E-state index contributed by atoms with van der Waals surface area (Å²) >= 11 is 5.76. The molecule has 1 N–H and O–H groups in total. The fraction of sp³-hybridized carbons (Fsp3) is 0.545. The largest absolute Gasteiger partial charge is 0.417 e. The highest BCUT2D eigenvalue weighted by molar-refractivity contribution is 6.31. The molecule has 0 spiro atoms. The van der Waals surface area contributed by atoms with Crippen molar-refractivity contribution < 1.29 is 17.9 Å². The van der Waals surface area contributed by atoms with Crippen LogP contribution in [0.25, 0.3) is 0 Å². The lowest BCUT2D eigenvalue weighted by molar-refractivity contribution is -0.137. The van der Waals surface area contributed by atoms with Crippen LogP contribution in [0.5, 0.6) is 0 Å². The number of ether oxygens (including phenoxy) is 1. The Morgan fingerprint density at radius 1 is 1.50 bits per heavy atom. The van der Waals surface area contributed by atoms with Crippen molar-refractivity contribution in [1.82, 2.24) is 10.3 Å². The second kappa shape index (κ2) is 5.42. The molecule has 0 aromatic carbocycles. The molecule has 1 aliphatic rings. The van der Waals surface area contributed by atoms with Crippen molar-refractivity contribution in [2.24, 2.45) is 0 Å². The molecule has 1 aliphatic heterocycles. The monoisotopic (exact) mass is 280 g/mol. The van der Waals surface area contributed by atoms with Gasteiger partial charge in [-0.05, 0) is 19.0 Å². The molecule has 0 aliphatic carbocycles. The molecule has 1 unspecified atom stereocenters. The first kappa shape index (κ1) is 13.6. The zero-order valence-electron chi connectivity index (χ0n) is 9.43. The average molecular weight is 281 g/mol. The number of aromatic nitrogens is 1. The Kier molecular flexibility index (Phi) is 4.09. The molecule has 18 heavy (non-hydrogen) atoms. The van der Waals surface area contributed by atoms with Gasteiger partial charge in [0, 0.05) is 12.7 Å². The summed E-state index contributed by atoms with van der Waals surface area (Å²) in [4.78, 5) is 3.71. The minimum atomic E-state index is -4.43. The van der Waals surface area contributed by atoms with Crippen molar-refractivity contribution in [3.63, 3.8) is 0 Å². The lowest BCUT2D eigenvalue weighted by Gasteiger charge is -2.12. The number of hydrogen-bond donors (Lipinski definition) is 1. The van der Waals surface area contributed by atoms with Crippen LogP contribution in [0.3, 0.4) is 0 Å². The third kappa shape index (κ3) is 3.34. The zero-order valence-corrected chi connectivity index (χ0v) is 10.2. The van der Waals surface area contributed by atoms with Gasteiger partial charge in [0.1, 0.15) is 0 Å². The van der Waals surface area contributed by atoms with E-state index in [0.29, 0.717) is 5.69 Å². The number of nitrogens with zero attached hydrogens (tertiary/aromatic N) is 1. The molecule has 1 fully saturated rings. The highest BCUT2D eigenvalue weighted by atomic mass is 35.5. The van der Waals surface area contributed by atoms with E-state index >= 15 is 0 Å². The van der Waals surface area contributed by atoms with E-state index in [9.17, 15) is 13.2 Å². The SMILES string of the molecule is FC(F)(F)c1cnc(COC2CCNC2)c(Cl)c1. The second-order valence-corrected chi connectivity index (χ2v) is 4.48. The fourth-order valence-corrected chi connectivity index (χ4v) is 1.92. The fourth-order valence-electron chi connectivity index (χ4n) is 1.69. The average Bonchev–Trinajstić information content (AvgIpc) is 2.79. The van der Waals surface area contributed by atoms with E-state index in [0.717, 1.165) is 31.8 Å². The lowest BCUT2D eigenvalue weighted by Crippen LogP contribution is -2.17. The smallest absolute Gasteiger partial charge is 0.370 e. The van der Waals surface area contributed by atoms with E-state index in [4.69, 9.17) is 16.3 Å². The molecule has 1 saturated heterocycles. The first-order valence-corrected chi connectivity index (χ1v) is 5.88. The van der Waals surface area contributed by atoms with Gasteiger partial charge in [-0.1, -0.05) is 11.6 Å². The van der Waals surface area contributed by atoms with Crippen molar-refractivity contribution in [2.45, 2.75) is 25.3 Å².